The molecule has 2 amide bonds. The van der Waals surface area contributed by atoms with Gasteiger partial charge in [0.2, 0.25) is 11.8 Å². The number of hydrogen-bond donors (Lipinski definition) is 2. The van der Waals surface area contributed by atoms with Crippen molar-refractivity contribution in [3.8, 4) is 5.75 Å². The molecular formula is C14H15FN2O3. The molecule has 1 aromatic rings. The minimum Gasteiger partial charge on any atom is -0.493 e. The Morgan fingerprint density at radius 1 is 1.40 bits per heavy atom. The third-order valence-corrected chi connectivity index (χ3v) is 3.86. The van der Waals surface area contributed by atoms with E-state index in [1.54, 1.807) is 0 Å². The Hall–Kier alpha value is -1.95. The fraction of sp³-hybridized carbons (Fsp3) is 0.429. The van der Waals surface area contributed by atoms with Crippen molar-refractivity contribution in [2.45, 2.75) is 31.7 Å². The maximum absolute atomic E-state index is 14.4. The number of amides is 2. The number of fused-ring (bicyclic) bond motifs is 1. The van der Waals surface area contributed by atoms with E-state index in [1.165, 1.54) is 6.07 Å². The van der Waals surface area contributed by atoms with Gasteiger partial charge in [-0.25, -0.2) is 4.39 Å². The zero-order valence-corrected chi connectivity index (χ0v) is 10.9. The van der Waals surface area contributed by atoms with Crippen LogP contribution in [-0.4, -0.2) is 18.4 Å². The molecule has 1 atom stereocenters. The van der Waals surface area contributed by atoms with Crippen LogP contribution < -0.4 is 15.8 Å². The topological polar surface area (TPSA) is 81.4 Å². The molecule has 106 valence electrons. The van der Waals surface area contributed by atoms with Crippen molar-refractivity contribution >= 4 is 11.8 Å². The summed E-state index contributed by atoms with van der Waals surface area (Å²) in [5.41, 5.74) is 7.29. The fourth-order valence-electron chi connectivity index (χ4n) is 2.94. The summed E-state index contributed by atoms with van der Waals surface area (Å²) >= 11 is 0. The van der Waals surface area contributed by atoms with Gasteiger partial charge in [-0.3, -0.25) is 14.9 Å². The molecule has 2 heterocycles. The van der Waals surface area contributed by atoms with E-state index in [-0.39, 0.29) is 18.9 Å². The van der Waals surface area contributed by atoms with Crippen molar-refractivity contribution in [2.75, 3.05) is 6.61 Å². The molecule has 0 aromatic heterocycles. The third kappa shape index (κ3) is 1.96. The molecule has 1 saturated heterocycles. The molecule has 0 bridgehead atoms. The molecule has 0 saturated carbocycles. The SMILES string of the molecule is NCc1cc(F)c(C2CCC(=O)NC2=O)c2c1OCC2. The number of imide groups is 1. The van der Waals surface area contributed by atoms with Crippen molar-refractivity contribution in [1.29, 1.82) is 0 Å². The number of hydrogen-bond acceptors (Lipinski definition) is 4. The Labute approximate surface area is 115 Å². The molecule has 0 radical (unpaired) electrons. The van der Waals surface area contributed by atoms with Crippen LogP contribution >= 0.6 is 0 Å². The van der Waals surface area contributed by atoms with Crippen LogP contribution in [-0.2, 0) is 22.6 Å². The molecule has 1 unspecified atom stereocenters. The first-order valence-electron chi connectivity index (χ1n) is 6.62. The predicted octanol–water partition coefficient (Wildman–Crippen LogP) is 0.740. The number of nitrogens with one attached hydrogen (secondary N) is 1. The predicted molar refractivity (Wildman–Crippen MR) is 68.6 cm³/mol. The van der Waals surface area contributed by atoms with E-state index in [2.05, 4.69) is 5.32 Å². The van der Waals surface area contributed by atoms with E-state index in [9.17, 15) is 14.0 Å². The average molecular weight is 278 g/mol. The molecule has 3 rings (SSSR count). The van der Waals surface area contributed by atoms with Gasteiger partial charge in [0.25, 0.3) is 0 Å². The highest BCUT2D eigenvalue weighted by Gasteiger charge is 2.34. The van der Waals surface area contributed by atoms with Crippen LogP contribution in [0.1, 0.15) is 35.4 Å². The minimum absolute atomic E-state index is 0.189. The second-order valence-electron chi connectivity index (χ2n) is 5.05. The lowest BCUT2D eigenvalue weighted by atomic mass is 9.85. The number of rotatable bonds is 2. The first-order valence-corrected chi connectivity index (χ1v) is 6.62. The number of carbonyl (C=O) groups is 2. The van der Waals surface area contributed by atoms with E-state index in [4.69, 9.17) is 10.5 Å². The van der Waals surface area contributed by atoms with Gasteiger partial charge >= 0.3 is 0 Å². The second-order valence-corrected chi connectivity index (χ2v) is 5.05. The molecule has 0 aliphatic carbocycles. The van der Waals surface area contributed by atoms with Crippen LogP contribution in [0.5, 0.6) is 5.75 Å². The Morgan fingerprint density at radius 2 is 2.20 bits per heavy atom. The maximum atomic E-state index is 14.4. The van der Waals surface area contributed by atoms with E-state index in [1.807, 2.05) is 0 Å². The lowest BCUT2D eigenvalue weighted by molar-refractivity contribution is -0.134. The van der Waals surface area contributed by atoms with Gasteiger partial charge in [0, 0.05) is 36.1 Å². The Balaban J connectivity index is 2.08. The molecule has 3 N–H and O–H groups in total. The number of nitrogens with two attached hydrogens (primary N) is 1. The molecule has 6 heteroatoms. The third-order valence-electron chi connectivity index (χ3n) is 3.86. The number of benzene rings is 1. The summed E-state index contributed by atoms with van der Waals surface area (Å²) in [6.07, 6.45) is 1.12. The van der Waals surface area contributed by atoms with E-state index in [0.717, 1.165) is 5.56 Å². The fourth-order valence-corrected chi connectivity index (χ4v) is 2.94. The van der Waals surface area contributed by atoms with Gasteiger partial charge in [-0.05, 0) is 12.5 Å². The van der Waals surface area contributed by atoms with Crippen molar-refractivity contribution in [3.05, 3.63) is 28.6 Å². The van der Waals surface area contributed by atoms with Crippen LogP contribution in [0.25, 0.3) is 0 Å². The van der Waals surface area contributed by atoms with Gasteiger partial charge in [0.15, 0.2) is 0 Å². The van der Waals surface area contributed by atoms with E-state index >= 15 is 0 Å². The van der Waals surface area contributed by atoms with Crippen LogP contribution in [0.15, 0.2) is 6.07 Å². The quantitative estimate of drug-likeness (QED) is 0.782. The molecule has 1 fully saturated rings. The first-order chi connectivity index (χ1) is 9.61. The molecule has 1 aromatic carbocycles. The molecule has 2 aliphatic rings. The van der Waals surface area contributed by atoms with Gasteiger partial charge < -0.3 is 10.5 Å². The van der Waals surface area contributed by atoms with Gasteiger partial charge in [-0.15, -0.1) is 0 Å². The summed E-state index contributed by atoms with van der Waals surface area (Å²) in [6, 6.07) is 1.34. The molecule has 5 nitrogen and oxygen atoms in total. The zero-order valence-electron chi connectivity index (χ0n) is 10.9. The summed E-state index contributed by atoms with van der Waals surface area (Å²) in [7, 11) is 0. The van der Waals surface area contributed by atoms with E-state index < -0.39 is 17.6 Å². The summed E-state index contributed by atoms with van der Waals surface area (Å²) in [5.74, 6) is -1.21. The minimum atomic E-state index is -0.630. The molecule has 20 heavy (non-hydrogen) atoms. The van der Waals surface area contributed by atoms with Crippen LogP contribution in [0.4, 0.5) is 4.39 Å². The number of carbonyl (C=O) groups excluding carboxylic acids is 2. The number of piperidine rings is 1. The second kappa shape index (κ2) is 4.86. The van der Waals surface area contributed by atoms with Crippen LogP contribution in [0.2, 0.25) is 0 Å². The van der Waals surface area contributed by atoms with Crippen LogP contribution in [0.3, 0.4) is 0 Å². The molecular weight excluding hydrogens is 263 g/mol. The Bertz CT molecular complexity index is 601. The highest BCUT2D eigenvalue weighted by Crippen LogP contribution is 2.39. The monoisotopic (exact) mass is 278 g/mol. The van der Waals surface area contributed by atoms with Gasteiger partial charge in [-0.2, -0.15) is 0 Å². The van der Waals surface area contributed by atoms with Gasteiger partial charge in [0.05, 0.1) is 12.5 Å². The summed E-state index contributed by atoms with van der Waals surface area (Å²) in [6.45, 7) is 0.654. The Morgan fingerprint density at radius 3 is 2.90 bits per heavy atom. The van der Waals surface area contributed by atoms with Crippen LogP contribution in [0, 0.1) is 5.82 Å². The molecule has 0 spiro atoms. The summed E-state index contributed by atoms with van der Waals surface area (Å²) < 4.78 is 19.9. The van der Waals surface area contributed by atoms with Crippen molar-refractivity contribution in [2.24, 2.45) is 5.73 Å². The highest BCUT2D eigenvalue weighted by atomic mass is 19.1. The maximum Gasteiger partial charge on any atom is 0.234 e. The summed E-state index contributed by atoms with van der Waals surface area (Å²) in [4.78, 5) is 23.2. The first kappa shape index (κ1) is 13.1. The van der Waals surface area contributed by atoms with E-state index in [0.29, 0.717) is 36.3 Å². The summed E-state index contributed by atoms with van der Waals surface area (Å²) in [5, 5.41) is 2.26. The Kier molecular flexibility index (Phi) is 3.17. The van der Waals surface area contributed by atoms with Gasteiger partial charge in [-0.1, -0.05) is 0 Å². The molecule has 2 aliphatic heterocycles. The number of ether oxygens (including phenoxy) is 1. The van der Waals surface area contributed by atoms with Crippen molar-refractivity contribution < 1.29 is 18.7 Å². The van der Waals surface area contributed by atoms with Crippen molar-refractivity contribution in [1.82, 2.24) is 5.32 Å². The smallest absolute Gasteiger partial charge is 0.234 e. The lowest BCUT2D eigenvalue weighted by Gasteiger charge is -2.24. The standard InChI is InChI=1S/C14H15FN2O3/c15-10-5-7(6-16)13-8(3-4-20-13)12(10)9-1-2-11(18)17-14(9)19/h5,9H,1-4,6,16H2,(H,17,18,19). The van der Waals surface area contributed by atoms with Crippen molar-refractivity contribution in [3.63, 3.8) is 0 Å². The average Bonchev–Trinajstić information content (AvgIpc) is 2.88. The van der Waals surface area contributed by atoms with Gasteiger partial charge in [0.1, 0.15) is 11.6 Å². The normalized spacial score (nSPS) is 21.4. The zero-order chi connectivity index (χ0) is 14.3. The number of halogens is 1. The highest BCUT2D eigenvalue weighted by molar-refractivity contribution is 6.01. The lowest BCUT2D eigenvalue weighted by Crippen LogP contribution is -2.40. The largest absolute Gasteiger partial charge is 0.493 e.